The number of nitrogens with one attached hydrogen (secondary N) is 2. The number of methoxy groups -OCH3 is 1. The Morgan fingerprint density at radius 1 is 1.12 bits per heavy atom. The lowest BCUT2D eigenvalue weighted by atomic mass is 9.93. The van der Waals surface area contributed by atoms with Crippen LogP contribution in [-0.4, -0.2) is 105 Å². The average molecular weight is 693 g/mol. The van der Waals surface area contributed by atoms with Crippen LogP contribution in [-0.2, 0) is 9.59 Å². The molecule has 50 heavy (non-hydrogen) atoms. The summed E-state index contributed by atoms with van der Waals surface area (Å²) < 4.78 is 35.7. The number of carbonyl (C=O) groups is 3. The lowest BCUT2D eigenvalue weighted by Crippen LogP contribution is -2.55. The first kappa shape index (κ1) is 37.2. The molecule has 2 saturated heterocycles. The van der Waals surface area contributed by atoms with Crippen molar-refractivity contribution in [3.63, 3.8) is 0 Å². The number of ether oxygens (including phenoxy) is 1. The summed E-state index contributed by atoms with van der Waals surface area (Å²) in [5.74, 6) is -2.48. The number of piperidine rings is 1. The van der Waals surface area contributed by atoms with Crippen LogP contribution in [0.15, 0.2) is 48.9 Å². The molecule has 2 amide bonds. The Balaban J connectivity index is 0.000000875. The molecule has 2 atom stereocenters. The van der Waals surface area contributed by atoms with Crippen molar-refractivity contribution >= 4 is 35.4 Å². The lowest BCUT2D eigenvalue weighted by Gasteiger charge is -2.38. The Labute approximate surface area is 286 Å². The SMILES string of the molecule is CC#N.COc1ccc(-c2cnc3c(Nc4ccc(C(=O)N5CCN(C(=O)[C@@H]6CCNCC6O)CC5)c(C)c4)nccn23)c(F)c1F.O=CO. The number of aryl methyl sites for hydroxylation is 1. The maximum atomic E-state index is 14.8. The number of fused-ring (bicyclic) bond motifs is 1. The van der Waals surface area contributed by atoms with Crippen LogP contribution in [0.2, 0.25) is 0 Å². The van der Waals surface area contributed by atoms with E-state index in [9.17, 15) is 23.5 Å². The highest BCUT2D eigenvalue weighted by molar-refractivity contribution is 5.96. The van der Waals surface area contributed by atoms with E-state index in [0.29, 0.717) is 74.1 Å². The first-order valence-electron chi connectivity index (χ1n) is 15.7. The van der Waals surface area contributed by atoms with Gasteiger partial charge in [0, 0.05) is 68.9 Å². The molecule has 0 bridgehead atoms. The zero-order valence-corrected chi connectivity index (χ0v) is 27.8. The summed E-state index contributed by atoms with van der Waals surface area (Å²) in [6.45, 7) is 5.83. The molecule has 2 fully saturated rings. The van der Waals surface area contributed by atoms with E-state index in [-0.39, 0.29) is 29.6 Å². The third-order valence-electron chi connectivity index (χ3n) is 8.34. The molecule has 4 heterocycles. The highest BCUT2D eigenvalue weighted by Crippen LogP contribution is 2.32. The fourth-order valence-corrected chi connectivity index (χ4v) is 5.88. The summed E-state index contributed by atoms with van der Waals surface area (Å²) in [5.41, 5.74) is 2.75. The van der Waals surface area contributed by atoms with E-state index >= 15 is 0 Å². The molecule has 14 nitrogen and oxygen atoms in total. The Morgan fingerprint density at radius 3 is 2.44 bits per heavy atom. The number of imidazole rings is 1. The van der Waals surface area contributed by atoms with E-state index < -0.39 is 23.7 Å². The van der Waals surface area contributed by atoms with E-state index in [0.717, 1.165) is 5.56 Å². The molecule has 1 unspecified atom stereocenters. The largest absolute Gasteiger partial charge is 0.494 e. The van der Waals surface area contributed by atoms with Gasteiger partial charge >= 0.3 is 0 Å². The molecule has 0 spiro atoms. The van der Waals surface area contributed by atoms with E-state index in [1.54, 1.807) is 38.6 Å². The Bertz CT molecular complexity index is 1870. The Hall–Kier alpha value is -5.66. The number of β-amino-alcohol motifs (C(OH)–C–C–N with tert-alkyl or cyclic N) is 1. The number of aromatic nitrogens is 3. The van der Waals surface area contributed by atoms with Crippen molar-refractivity contribution in [2.24, 2.45) is 5.92 Å². The van der Waals surface area contributed by atoms with Crippen LogP contribution in [0.4, 0.5) is 20.3 Å². The molecular weight excluding hydrogens is 654 g/mol. The standard InChI is InChI=1S/C31H33F2N7O4.C2H3N.CH2O2/c1-18-15-19(3-4-20(18)30(42)38-11-13-39(14-12-38)31(43)22-7-8-34-17-24(22)41)37-28-29-36-16-23(40(29)10-9-35-28)21-5-6-25(44-2)27(33)26(21)32;1-2-3;2-1-3/h3-6,9-10,15-16,22,24,34,41H,7-8,11-14,17H2,1-2H3,(H,35,37);1H3;1H,(H,2,3)/t22-,24?;;/m1../s1. The summed E-state index contributed by atoms with van der Waals surface area (Å²) >= 11 is 0. The highest BCUT2D eigenvalue weighted by atomic mass is 19.2. The number of nitrogens with zero attached hydrogens (tertiary/aromatic N) is 6. The maximum absolute atomic E-state index is 14.8. The minimum atomic E-state index is -1.08. The Morgan fingerprint density at radius 2 is 1.80 bits per heavy atom. The number of rotatable bonds is 6. The number of hydrogen-bond acceptors (Lipinski definition) is 10. The van der Waals surface area contributed by atoms with Crippen LogP contribution < -0.4 is 15.4 Å². The van der Waals surface area contributed by atoms with Gasteiger partial charge in [-0.2, -0.15) is 9.65 Å². The zero-order chi connectivity index (χ0) is 36.4. The molecule has 2 aliphatic rings. The minimum absolute atomic E-state index is 0.0285. The van der Waals surface area contributed by atoms with Gasteiger partial charge in [0.25, 0.3) is 12.4 Å². The molecule has 4 aromatic rings. The van der Waals surface area contributed by atoms with Gasteiger partial charge in [0.05, 0.1) is 37.1 Å². The highest BCUT2D eigenvalue weighted by Gasteiger charge is 2.34. The summed E-state index contributed by atoms with van der Waals surface area (Å²) in [5, 5.41) is 30.7. The molecule has 2 aliphatic heterocycles. The number of aliphatic hydroxyl groups excluding tert-OH is 1. The first-order valence-corrected chi connectivity index (χ1v) is 15.7. The van der Waals surface area contributed by atoms with Gasteiger partial charge in [0.2, 0.25) is 11.7 Å². The second-order valence-electron chi connectivity index (χ2n) is 11.3. The number of aliphatic hydroxyl groups is 1. The van der Waals surface area contributed by atoms with E-state index in [1.165, 1.54) is 38.6 Å². The number of halogens is 2. The Kier molecular flexibility index (Phi) is 12.7. The molecule has 16 heteroatoms. The summed E-state index contributed by atoms with van der Waals surface area (Å²) in [6.07, 6.45) is 4.50. The quantitative estimate of drug-likeness (QED) is 0.218. The van der Waals surface area contributed by atoms with Crippen molar-refractivity contribution in [2.45, 2.75) is 26.4 Å². The third-order valence-corrected chi connectivity index (χ3v) is 8.34. The number of carbonyl (C=O) groups excluding carboxylic acids is 2. The van der Waals surface area contributed by atoms with E-state index in [2.05, 4.69) is 20.6 Å². The maximum Gasteiger partial charge on any atom is 0.290 e. The molecule has 2 aromatic heterocycles. The van der Waals surface area contributed by atoms with Gasteiger partial charge in [-0.3, -0.25) is 18.8 Å². The molecular formula is C34H38F2N8O6. The van der Waals surface area contributed by atoms with Gasteiger partial charge in [0.15, 0.2) is 23.0 Å². The van der Waals surface area contributed by atoms with Crippen molar-refractivity contribution in [1.29, 1.82) is 5.26 Å². The number of piperazine rings is 1. The first-order chi connectivity index (χ1) is 24.1. The normalized spacial score (nSPS) is 17.0. The van der Waals surface area contributed by atoms with Crippen molar-refractivity contribution in [1.82, 2.24) is 29.5 Å². The molecule has 264 valence electrons. The van der Waals surface area contributed by atoms with E-state index in [1.807, 2.05) is 13.0 Å². The number of amides is 2. The number of nitriles is 1. The number of hydrogen-bond donors (Lipinski definition) is 4. The van der Waals surface area contributed by atoms with Crippen LogP contribution >= 0.6 is 0 Å². The third kappa shape index (κ3) is 8.13. The van der Waals surface area contributed by atoms with Crippen LogP contribution in [0.25, 0.3) is 16.9 Å². The van der Waals surface area contributed by atoms with Crippen molar-refractivity contribution < 1.29 is 38.1 Å². The predicted molar refractivity (Wildman–Crippen MR) is 179 cm³/mol. The number of carboxylic acid groups (broad SMARTS) is 1. The zero-order valence-electron chi connectivity index (χ0n) is 27.8. The average Bonchev–Trinajstić information content (AvgIpc) is 3.55. The van der Waals surface area contributed by atoms with Crippen molar-refractivity contribution in [2.75, 3.05) is 51.7 Å². The fraction of sp³-hybridized carbons (Fsp3) is 0.353. The topological polar surface area (TPSA) is 185 Å². The lowest BCUT2D eigenvalue weighted by molar-refractivity contribution is -0.142. The minimum Gasteiger partial charge on any atom is -0.494 e. The molecule has 0 saturated carbocycles. The summed E-state index contributed by atoms with van der Waals surface area (Å²) in [4.78, 5) is 47.0. The fourth-order valence-electron chi connectivity index (χ4n) is 5.88. The molecule has 6 rings (SSSR count). The number of anilines is 2. The molecule has 4 N–H and O–H groups in total. The molecule has 0 radical (unpaired) electrons. The van der Waals surface area contributed by atoms with Gasteiger partial charge in [-0.1, -0.05) is 0 Å². The van der Waals surface area contributed by atoms with Crippen LogP contribution in [0.3, 0.4) is 0 Å². The second-order valence-corrected chi connectivity index (χ2v) is 11.3. The van der Waals surface area contributed by atoms with Crippen LogP contribution in [0, 0.1) is 35.8 Å². The van der Waals surface area contributed by atoms with Crippen LogP contribution in [0.1, 0.15) is 29.3 Å². The van der Waals surface area contributed by atoms with Gasteiger partial charge in [-0.25, -0.2) is 14.4 Å². The second kappa shape index (κ2) is 17.1. The van der Waals surface area contributed by atoms with Gasteiger partial charge in [-0.15, -0.1) is 0 Å². The van der Waals surface area contributed by atoms with Crippen LogP contribution in [0.5, 0.6) is 5.75 Å². The monoisotopic (exact) mass is 692 g/mol. The van der Waals surface area contributed by atoms with Gasteiger partial charge in [0.1, 0.15) is 0 Å². The summed E-state index contributed by atoms with van der Waals surface area (Å²) in [6, 6.07) is 9.89. The number of benzene rings is 2. The van der Waals surface area contributed by atoms with Crippen molar-refractivity contribution in [3.8, 4) is 23.1 Å². The molecule has 0 aliphatic carbocycles. The summed E-state index contributed by atoms with van der Waals surface area (Å²) in [7, 11) is 1.27. The smallest absolute Gasteiger partial charge is 0.290 e. The van der Waals surface area contributed by atoms with Gasteiger partial charge in [-0.05, 0) is 55.8 Å². The predicted octanol–water partition coefficient (Wildman–Crippen LogP) is 3.22. The van der Waals surface area contributed by atoms with Gasteiger partial charge < -0.3 is 35.4 Å². The van der Waals surface area contributed by atoms with E-state index in [4.69, 9.17) is 19.9 Å². The van der Waals surface area contributed by atoms with Crippen molar-refractivity contribution in [3.05, 3.63) is 71.7 Å². The molecule has 2 aromatic carbocycles.